The second-order valence-electron chi connectivity index (χ2n) is 6.43. The highest BCUT2D eigenvalue weighted by Gasteiger charge is 2.27. The number of hydrogen-bond donors (Lipinski definition) is 1. The molecule has 0 saturated carbocycles. The van der Waals surface area contributed by atoms with Crippen molar-refractivity contribution in [1.29, 1.82) is 0 Å². The molecule has 0 amide bonds. The highest BCUT2D eigenvalue weighted by molar-refractivity contribution is 7.12. The third-order valence-electron chi connectivity index (χ3n) is 4.58. The second kappa shape index (κ2) is 5.82. The minimum Gasteiger partial charge on any atom is -0.422 e. The van der Waals surface area contributed by atoms with Crippen molar-refractivity contribution in [2.24, 2.45) is 0 Å². The van der Waals surface area contributed by atoms with Gasteiger partial charge in [0.25, 0.3) is 0 Å². The number of anilines is 1. The lowest BCUT2D eigenvalue weighted by Gasteiger charge is -2.32. The average Bonchev–Trinajstić information content (AvgIpc) is 3.08. The predicted molar refractivity (Wildman–Crippen MR) is 98.0 cm³/mol. The first-order valence-electron chi connectivity index (χ1n) is 8.03. The summed E-state index contributed by atoms with van der Waals surface area (Å²) in [5.74, 6) is -0.321. The van der Waals surface area contributed by atoms with Gasteiger partial charge in [0.1, 0.15) is 11.1 Å². The summed E-state index contributed by atoms with van der Waals surface area (Å²) in [5.41, 5.74) is 2.69. The summed E-state index contributed by atoms with van der Waals surface area (Å²) in [7, 11) is 1.91. The molecule has 0 bridgehead atoms. The van der Waals surface area contributed by atoms with Crippen LogP contribution in [0.25, 0.3) is 11.0 Å². The Balaban J connectivity index is 1.95. The van der Waals surface area contributed by atoms with Crippen LogP contribution >= 0.6 is 11.3 Å². The number of carbonyl (C=O) groups is 1. The fourth-order valence-corrected chi connectivity index (χ4v) is 4.28. The zero-order valence-corrected chi connectivity index (χ0v) is 14.7. The van der Waals surface area contributed by atoms with Gasteiger partial charge in [-0.15, -0.1) is 11.3 Å². The van der Waals surface area contributed by atoms with E-state index in [2.05, 4.69) is 0 Å². The normalized spacial score (nSPS) is 16.9. The standard InChI is InChI=1S/C19H17NO4S/c1-10-6-11-7-14(17(22)15-4-3-5-25-15)19(23)24-18(11)13-8-12(21)9-20(2)16(10)13/h3-7,12,21H,8-9H2,1-2H3. The first kappa shape index (κ1) is 16.1. The summed E-state index contributed by atoms with van der Waals surface area (Å²) in [6, 6.07) is 7.01. The zero-order chi connectivity index (χ0) is 17.7. The van der Waals surface area contributed by atoms with Crippen LogP contribution in [0.1, 0.15) is 26.4 Å². The molecular formula is C19H17NO4S. The number of fused-ring (bicyclic) bond motifs is 3. The highest BCUT2D eigenvalue weighted by atomic mass is 32.1. The van der Waals surface area contributed by atoms with E-state index in [-0.39, 0.29) is 11.3 Å². The molecule has 25 heavy (non-hydrogen) atoms. The van der Waals surface area contributed by atoms with Crippen LogP contribution in [0.2, 0.25) is 0 Å². The van der Waals surface area contributed by atoms with Crippen LogP contribution in [0.15, 0.2) is 38.9 Å². The fraction of sp³-hybridized carbons (Fsp3) is 0.263. The first-order chi connectivity index (χ1) is 12.0. The lowest BCUT2D eigenvalue weighted by molar-refractivity contribution is 0.103. The molecule has 0 aliphatic carbocycles. The SMILES string of the molecule is Cc1cc2cc(C(=O)c3cccs3)c(=O)oc2c2c1N(C)CC(O)C2. The van der Waals surface area contributed by atoms with Crippen molar-refractivity contribution in [2.75, 3.05) is 18.5 Å². The van der Waals surface area contributed by atoms with E-state index in [0.29, 0.717) is 28.8 Å². The molecule has 1 aliphatic heterocycles. The van der Waals surface area contributed by atoms with E-state index in [4.69, 9.17) is 4.42 Å². The zero-order valence-electron chi connectivity index (χ0n) is 13.9. The van der Waals surface area contributed by atoms with E-state index < -0.39 is 11.7 Å². The summed E-state index contributed by atoms with van der Waals surface area (Å²) in [6.45, 7) is 2.52. The number of nitrogens with zero attached hydrogens (tertiary/aromatic N) is 1. The van der Waals surface area contributed by atoms with Crippen molar-refractivity contribution in [3.63, 3.8) is 0 Å². The molecule has 0 radical (unpaired) electrons. The minimum absolute atomic E-state index is 0.0408. The van der Waals surface area contributed by atoms with Crippen LogP contribution in [0.5, 0.6) is 0 Å². The molecule has 3 heterocycles. The molecule has 6 heteroatoms. The van der Waals surface area contributed by atoms with E-state index in [1.807, 2.05) is 24.9 Å². The Bertz CT molecular complexity index is 1040. The van der Waals surface area contributed by atoms with Crippen molar-refractivity contribution in [2.45, 2.75) is 19.4 Å². The Morgan fingerprint density at radius 2 is 2.20 bits per heavy atom. The molecule has 5 nitrogen and oxygen atoms in total. The molecule has 1 aliphatic rings. The van der Waals surface area contributed by atoms with Crippen LogP contribution in [0, 0.1) is 6.92 Å². The molecule has 128 valence electrons. The number of ketones is 1. The van der Waals surface area contributed by atoms with Crippen LogP contribution in [0.4, 0.5) is 5.69 Å². The van der Waals surface area contributed by atoms with Crippen molar-refractivity contribution in [3.05, 3.63) is 61.6 Å². The number of rotatable bonds is 2. The van der Waals surface area contributed by atoms with Crippen LogP contribution in [-0.4, -0.2) is 30.6 Å². The van der Waals surface area contributed by atoms with Crippen LogP contribution in [0.3, 0.4) is 0 Å². The number of aliphatic hydroxyl groups excluding tert-OH is 1. The average molecular weight is 355 g/mol. The van der Waals surface area contributed by atoms with E-state index in [1.165, 1.54) is 11.3 Å². The van der Waals surface area contributed by atoms with Gasteiger partial charge in [-0.3, -0.25) is 4.79 Å². The minimum atomic E-state index is -0.639. The maximum atomic E-state index is 12.6. The van der Waals surface area contributed by atoms with Gasteiger partial charge in [0.2, 0.25) is 5.78 Å². The van der Waals surface area contributed by atoms with Crippen molar-refractivity contribution in [3.8, 4) is 0 Å². The molecule has 0 spiro atoms. The third kappa shape index (κ3) is 2.58. The maximum Gasteiger partial charge on any atom is 0.347 e. The summed E-state index contributed by atoms with van der Waals surface area (Å²) in [6.07, 6.45) is -0.0841. The number of aliphatic hydroxyl groups is 1. The third-order valence-corrected chi connectivity index (χ3v) is 5.45. The summed E-state index contributed by atoms with van der Waals surface area (Å²) >= 11 is 1.30. The predicted octanol–water partition coefficient (Wildman–Crippen LogP) is 2.75. The number of hydrogen-bond acceptors (Lipinski definition) is 6. The molecule has 3 aromatic rings. The number of likely N-dealkylation sites (N-methyl/N-ethyl adjacent to an activating group) is 1. The van der Waals surface area contributed by atoms with Gasteiger partial charge >= 0.3 is 5.63 Å². The van der Waals surface area contributed by atoms with E-state index in [0.717, 1.165) is 16.8 Å². The summed E-state index contributed by atoms with van der Waals surface area (Å²) < 4.78 is 5.55. The van der Waals surface area contributed by atoms with Gasteiger partial charge in [0.15, 0.2) is 0 Å². The van der Waals surface area contributed by atoms with Crippen molar-refractivity contribution in [1.82, 2.24) is 0 Å². The maximum absolute atomic E-state index is 12.6. The molecular weight excluding hydrogens is 338 g/mol. The molecule has 0 saturated heterocycles. The van der Waals surface area contributed by atoms with Crippen LogP contribution < -0.4 is 10.5 Å². The fourth-order valence-electron chi connectivity index (χ4n) is 3.60. The number of thiophene rings is 1. The van der Waals surface area contributed by atoms with Gasteiger partial charge in [-0.05, 0) is 36.1 Å². The number of carbonyl (C=O) groups excluding carboxylic acids is 1. The summed E-state index contributed by atoms with van der Waals surface area (Å²) in [4.78, 5) is 27.5. The van der Waals surface area contributed by atoms with Crippen molar-refractivity contribution < 1.29 is 14.3 Å². The van der Waals surface area contributed by atoms with Crippen LogP contribution in [-0.2, 0) is 6.42 Å². The molecule has 1 unspecified atom stereocenters. The molecule has 1 N–H and O–H groups in total. The topological polar surface area (TPSA) is 70.8 Å². The van der Waals surface area contributed by atoms with Crippen molar-refractivity contribution >= 4 is 33.8 Å². The number of β-amino-alcohol motifs (C(OH)–C–C–N with tert-alkyl or cyclic N) is 1. The molecule has 2 aromatic heterocycles. The Morgan fingerprint density at radius 1 is 1.40 bits per heavy atom. The van der Waals surface area contributed by atoms with Gasteiger partial charge in [-0.25, -0.2) is 4.79 Å². The molecule has 1 atom stereocenters. The Morgan fingerprint density at radius 3 is 2.92 bits per heavy atom. The first-order valence-corrected chi connectivity index (χ1v) is 8.91. The highest BCUT2D eigenvalue weighted by Crippen LogP contribution is 2.36. The van der Waals surface area contributed by atoms with Gasteiger partial charge < -0.3 is 14.4 Å². The Kier molecular flexibility index (Phi) is 3.74. The van der Waals surface area contributed by atoms with Gasteiger partial charge in [-0.2, -0.15) is 0 Å². The number of benzene rings is 1. The quantitative estimate of drug-likeness (QED) is 0.565. The van der Waals surface area contributed by atoms with Gasteiger partial charge in [0, 0.05) is 36.7 Å². The molecule has 0 fully saturated rings. The summed E-state index contributed by atoms with van der Waals surface area (Å²) in [5, 5.41) is 12.6. The van der Waals surface area contributed by atoms with E-state index >= 15 is 0 Å². The lowest BCUT2D eigenvalue weighted by Crippen LogP contribution is -2.36. The van der Waals surface area contributed by atoms with E-state index in [9.17, 15) is 14.7 Å². The smallest absolute Gasteiger partial charge is 0.347 e. The van der Waals surface area contributed by atoms with E-state index in [1.54, 1.807) is 23.6 Å². The monoisotopic (exact) mass is 355 g/mol. The molecule has 4 rings (SSSR count). The van der Waals surface area contributed by atoms with Gasteiger partial charge in [0.05, 0.1) is 11.0 Å². The lowest BCUT2D eigenvalue weighted by atomic mass is 9.94. The molecule has 1 aromatic carbocycles. The Hall–Kier alpha value is -2.44. The number of aryl methyl sites for hydroxylation is 1. The Labute approximate surface area is 148 Å². The van der Waals surface area contributed by atoms with Gasteiger partial charge in [-0.1, -0.05) is 6.07 Å². The second-order valence-corrected chi connectivity index (χ2v) is 7.38. The largest absolute Gasteiger partial charge is 0.422 e.